The Hall–Kier alpha value is -2.70. The molecule has 0 fully saturated rings. The topological polar surface area (TPSA) is 140 Å². The first-order chi connectivity index (χ1) is 12.7. The Balaban J connectivity index is 2.05. The molecule has 1 amide bonds. The number of anilines is 1. The van der Waals surface area contributed by atoms with Crippen LogP contribution in [0.3, 0.4) is 0 Å². The number of sulfonamides is 1. The maximum atomic E-state index is 11.6. The van der Waals surface area contributed by atoms with Crippen molar-refractivity contribution in [2.24, 2.45) is 16.0 Å². The molecule has 1 aromatic carbocycles. The van der Waals surface area contributed by atoms with E-state index in [0.29, 0.717) is 16.4 Å². The molecule has 0 unspecified atom stereocenters. The van der Waals surface area contributed by atoms with Crippen LogP contribution in [0.2, 0.25) is 0 Å². The molecule has 0 atom stereocenters. The average Bonchev–Trinajstić information content (AvgIpc) is 3.15. The van der Waals surface area contributed by atoms with E-state index in [1.807, 2.05) is 30.3 Å². The summed E-state index contributed by atoms with van der Waals surface area (Å²) in [6.45, 7) is 1.66. The number of aromatic nitrogens is 2. The smallest absolute Gasteiger partial charge is 0.253 e. The third-order valence-electron chi connectivity index (χ3n) is 3.25. The highest BCUT2D eigenvalue weighted by atomic mass is 32.2. The van der Waals surface area contributed by atoms with Gasteiger partial charge in [0.1, 0.15) is 11.3 Å². The molecule has 2 heterocycles. The third kappa shape index (κ3) is 4.53. The second-order valence-corrected chi connectivity index (χ2v) is 8.90. The average molecular weight is 423 g/mol. The minimum atomic E-state index is -3.49. The van der Waals surface area contributed by atoms with E-state index in [9.17, 15) is 13.2 Å². The fourth-order valence-corrected chi connectivity index (χ4v) is 4.54. The molecule has 140 valence electrons. The highest BCUT2D eigenvalue weighted by Gasteiger charge is 2.18. The number of benzene rings is 1. The Labute approximate surface area is 163 Å². The van der Waals surface area contributed by atoms with E-state index in [0.717, 1.165) is 34.7 Å². The molecule has 2 aromatic heterocycles. The fourth-order valence-electron chi connectivity index (χ4n) is 2.17. The number of hydrogen-bond donors (Lipinski definition) is 2. The predicted molar refractivity (Wildman–Crippen MR) is 106 cm³/mol. The summed E-state index contributed by atoms with van der Waals surface area (Å²) in [4.78, 5) is 15.9. The first kappa shape index (κ1) is 19.1. The van der Waals surface area contributed by atoms with E-state index in [-0.39, 0.29) is 15.7 Å². The van der Waals surface area contributed by atoms with Crippen LogP contribution in [0.5, 0.6) is 0 Å². The Morgan fingerprint density at radius 1 is 1.19 bits per heavy atom. The number of primary amides is 1. The number of carbonyl (C=O) groups excluding carboxylic acids is 1. The van der Waals surface area contributed by atoms with Crippen molar-refractivity contribution in [3.63, 3.8) is 0 Å². The molecule has 0 spiro atoms. The molecule has 12 heteroatoms. The van der Waals surface area contributed by atoms with Crippen molar-refractivity contribution in [2.45, 2.75) is 6.92 Å². The molecular formula is C15H14N6O3S3. The van der Waals surface area contributed by atoms with Gasteiger partial charge in [-0.1, -0.05) is 41.7 Å². The van der Waals surface area contributed by atoms with Gasteiger partial charge in [0.25, 0.3) is 5.91 Å². The van der Waals surface area contributed by atoms with Gasteiger partial charge in [0.15, 0.2) is 15.1 Å². The van der Waals surface area contributed by atoms with Crippen molar-refractivity contribution in [3.05, 3.63) is 41.6 Å². The molecule has 27 heavy (non-hydrogen) atoms. The van der Waals surface area contributed by atoms with Crippen LogP contribution in [0.4, 0.5) is 15.1 Å². The van der Waals surface area contributed by atoms with Gasteiger partial charge in [-0.2, -0.15) is 4.37 Å². The summed E-state index contributed by atoms with van der Waals surface area (Å²) in [7, 11) is -3.49. The van der Waals surface area contributed by atoms with Gasteiger partial charge < -0.3 is 5.73 Å². The normalized spacial score (nSPS) is 11.8. The highest BCUT2D eigenvalue weighted by molar-refractivity contribution is 7.92. The van der Waals surface area contributed by atoms with Gasteiger partial charge in [0.2, 0.25) is 10.0 Å². The largest absolute Gasteiger partial charge is 0.365 e. The maximum Gasteiger partial charge on any atom is 0.253 e. The fraction of sp³-hybridized carbons (Fsp3) is 0.133. The number of carbonyl (C=O) groups is 1. The van der Waals surface area contributed by atoms with Crippen LogP contribution in [-0.4, -0.2) is 29.9 Å². The van der Waals surface area contributed by atoms with Gasteiger partial charge in [-0.05, 0) is 18.5 Å². The molecular weight excluding hydrogens is 408 g/mol. The van der Waals surface area contributed by atoms with E-state index in [1.165, 1.54) is 0 Å². The number of thiazole rings is 1. The molecule has 0 aliphatic heterocycles. The minimum Gasteiger partial charge on any atom is -0.365 e. The van der Waals surface area contributed by atoms with Crippen LogP contribution >= 0.6 is 22.9 Å². The van der Waals surface area contributed by atoms with Crippen LogP contribution in [-0.2, 0) is 10.0 Å². The molecule has 0 saturated heterocycles. The zero-order valence-corrected chi connectivity index (χ0v) is 16.7. The van der Waals surface area contributed by atoms with Crippen molar-refractivity contribution in [1.29, 1.82) is 0 Å². The Morgan fingerprint density at radius 3 is 2.48 bits per heavy atom. The number of azo groups is 1. The van der Waals surface area contributed by atoms with Crippen molar-refractivity contribution in [1.82, 2.24) is 9.36 Å². The van der Waals surface area contributed by atoms with E-state index < -0.39 is 15.9 Å². The molecule has 3 rings (SSSR count). The summed E-state index contributed by atoms with van der Waals surface area (Å²) in [6, 6.07) is 9.16. The molecule has 3 aromatic rings. The van der Waals surface area contributed by atoms with E-state index in [1.54, 1.807) is 6.92 Å². The number of hydrogen-bond acceptors (Lipinski definition) is 9. The van der Waals surface area contributed by atoms with Gasteiger partial charge in [0, 0.05) is 5.56 Å². The molecule has 0 saturated carbocycles. The number of nitrogens with one attached hydrogen (secondary N) is 1. The zero-order chi connectivity index (χ0) is 19.6. The molecule has 0 aliphatic rings. The molecule has 3 N–H and O–H groups in total. The molecule has 9 nitrogen and oxygen atoms in total. The third-order valence-corrected chi connectivity index (χ3v) is 5.62. The van der Waals surface area contributed by atoms with Gasteiger partial charge >= 0.3 is 0 Å². The lowest BCUT2D eigenvalue weighted by Gasteiger charge is -1.98. The van der Waals surface area contributed by atoms with E-state index in [2.05, 4.69) is 24.3 Å². The molecule has 0 bridgehead atoms. The first-order valence-electron chi connectivity index (χ1n) is 7.46. The Morgan fingerprint density at radius 2 is 1.85 bits per heavy atom. The summed E-state index contributed by atoms with van der Waals surface area (Å²) in [6.07, 6.45) is 1.04. The lowest BCUT2D eigenvalue weighted by molar-refractivity contribution is 0.100. The van der Waals surface area contributed by atoms with Crippen LogP contribution < -0.4 is 10.5 Å². The highest BCUT2D eigenvalue weighted by Crippen LogP contribution is 2.40. The SMILES string of the molecule is Cc1nsc(N=Nc2sc(NS(C)(=O)=O)nc2-c2ccccc2)c1C(N)=O. The Kier molecular flexibility index (Phi) is 5.30. The Bertz CT molecular complexity index is 1120. The summed E-state index contributed by atoms with van der Waals surface area (Å²) in [5.41, 5.74) is 7.27. The maximum absolute atomic E-state index is 11.6. The van der Waals surface area contributed by atoms with Gasteiger partial charge in [0.05, 0.1) is 11.9 Å². The lowest BCUT2D eigenvalue weighted by atomic mass is 10.2. The zero-order valence-electron chi connectivity index (χ0n) is 14.2. The number of rotatable bonds is 6. The molecule has 0 aliphatic carbocycles. The minimum absolute atomic E-state index is 0.168. The molecule has 0 radical (unpaired) electrons. The van der Waals surface area contributed by atoms with Gasteiger partial charge in [-0.25, -0.2) is 13.4 Å². The quantitative estimate of drug-likeness (QED) is 0.585. The van der Waals surface area contributed by atoms with E-state index >= 15 is 0 Å². The van der Waals surface area contributed by atoms with Crippen LogP contribution in [0.15, 0.2) is 40.6 Å². The summed E-state index contributed by atoms with van der Waals surface area (Å²) in [5.74, 6) is -0.637. The van der Waals surface area contributed by atoms with Crippen LogP contribution in [0.25, 0.3) is 11.3 Å². The summed E-state index contributed by atoms with van der Waals surface area (Å²) >= 11 is 2.03. The van der Waals surface area contributed by atoms with Crippen LogP contribution in [0.1, 0.15) is 16.1 Å². The number of aryl methyl sites for hydroxylation is 1. The van der Waals surface area contributed by atoms with Crippen LogP contribution in [0, 0.1) is 6.92 Å². The number of nitrogens with two attached hydrogens (primary N) is 1. The summed E-state index contributed by atoms with van der Waals surface area (Å²) in [5, 5.41) is 9.09. The van der Waals surface area contributed by atoms with E-state index in [4.69, 9.17) is 5.73 Å². The lowest BCUT2D eigenvalue weighted by Crippen LogP contribution is -2.11. The van der Waals surface area contributed by atoms with Crippen molar-refractivity contribution in [3.8, 4) is 11.3 Å². The predicted octanol–water partition coefficient (Wildman–Crippen LogP) is 3.46. The van der Waals surface area contributed by atoms with Crippen molar-refractivity contribution >= 4 is 53.9 Å². The second-order valence-electron chi connectivity index (χ2n) is 5.43. The van der Waals surface area contributed by atoms with Crippen molar-refractivity contribution in [2.75, 3.05) is 11.0 Å². The van der Waals surface area contributed by atoms with Gasteiger partial charge in [-0.15, -0.1) is 10.2 Å². The van der Waals surface area contributed by atoms with Gasteiger partial charge in [-0.3, -0.25) is 9.52 Å². The number of nitrogens with zero attached hydrogens (tertiary/aromatic N) is 4. The van der Waals surface area contributed by atoms with Crippen molar-refractivity contribution < 1.29 is 13.2 Å². The summed E-state index contributed by atoms with van der Waals surface area (Å²) < 4.78 is 29.4. The number of amides is 1. The standard InChI is InChI=1S/C15H14N6O3S3/c1-8-10(12(16)22)13(26-20-8)18-19-14-11(9-6-4-3-5-7-9)17-15(25-14)21-27(2,23)24/h3-7H,1-2H3,(H2,16,22)(H,17,21). The second kappa shape index (κ2) is 7.50. The monoisotopic (exact) mass is 422 g/mol. The first-order valence-corrected chi connectivity index (χ1v) is 10.9.